The zero-order chi connectivity index (χ0) is 19.6. The Hall–Kier alpha value is -2.87. The molecule has 1 aliphatic heterocycles. The molecule has 1 amide bonds. The highest BCUT2D eigenvalue weighted by molar-refractivity contribution is 9.10. The van der Waals surface area contributed by atoms with E-state index in [2.05, 4.69) is 21.0 Å². The fourth-order valence-electron chi connectivity index (χ4n) is 2.57. The third-order valence-electron chi connectivity index (χ3n) is 3.79. The predicted octanol–water partition coefficient (Wildman–Crippen LogP) is 3.62. The number of hydrazone groups is 1. The van der Waals surface area contributed by atoms with Crippen LogP contribution in [0.2, 0.25) is 0 Å². The monoisotopic (exact) mass is 432 g/mol. The first-order chi connectivity index (χ1) is 12.9. The molecular formula is C19H17BrN2O5. The van der Waals surface area contributed by atoms with Gasteiger partial charge in [-0.05, 0) is 42.5 Å². The van der Waals surface area contributed by atoms with E-state index in [9.17, 15) is 9.59 Å². The zero-order valence-electron chi connectivity index (χ0n) is 14.9. The Kier molecular flexibility index (Phi) is 5.46. The van der Waals surface area contributed by atoms with E-state index in [4.69, 9.17) is 14.2 Å². The van der Waals surface area contributed by atoms with E-state index in [1.54, 1.807) is 49.6 Å². The van der Waals surface area contributed by atoms with Crippen LogP contribution in [0.3, 0.4) is 0 Å². The van der Waals surface area contributed by atoms with Crippen LogP contribution in [-0.4, -0.2) is 29.9 Å². The lowest BCUT2D eigenvalue weighted by atomic mass is 10.1. The van der Waals surface area contributed by atoms with Crippen molar-refractivity contribution in [2.24, 2.45) is 5.10 Å². The van der Waals surface area contributed by atoms with Gasteiger partial charge in [-0.15, -0.1) is 5.10 Å². The van der Waals surface area contributed by atoms with Gasteiger partial charge in [0.15, 0.2) is 0 Å². The lowest BCUT2D eigenvalue weighted by molar-refractivity contribution is -0.135. The largest absolute Gasteiger partial charge is 0.497 e. The number of hydrogen-bond acceptors (Lipinski definition) is 6. The van der Waals surface area contributed by atoms with Crippen LogP contribution in [-0.2, 0) is 14.3 Å². The van der Waals surface area contributed by atoms with Crippen LogP contribution in [0.1, 0.15) is 31.2 Å². The molecule has 0 bridgehead atoms. The van der Waals surface area contributed by atoms with E-state index in [1.165, 1.54) is 18.9 Å². The molecule has 0 fully saturated rings. The maximum Gasteiger partial charge on any atom is 0.308 e. The molecule has 0 radical (unpaired) electrons. The van der Waals surface area contributed by atoms with Gasteiger partial charge in [0.25, 0.3) is 0 Å². The number of hydrogen-bond donors (Lipinski definition) is 0. The van der Waals surface area contributed by atoms with Crippen LogP contribution < -0.4 is 9.47 Å². The summed E-state index contributed by atoms with van der Waals surface area (Å²) in [5.41, 5.74) is 1.19. The normalized spacial score (nSPS) is 15.8. The minimum Gasteiger partial charge on any atom is -0.497 e. The Labute approximate surface area is 164 Å². The van der Waals surface area contributed by atoms with Crippen molar-refractivity contribution in [3.63, 3.8) is 0 Å². The summed E-state index contributed by atoms with van der Waals surface area (Å²) in [7, 11) is 1.58. The summed E-state index contributed by atoms with van der Waals surface area (Å²) < 4.78 is 17.1. The SMILES string of the molecule is COc1ccc([C@H]2OC(c3cc(Br)ccc3OC(C)=O)=NN2C(C)=O)cc1. The Morgan fingerprint density at radius 1 is 1.15 bits per heavy atom. The first-order valence-corrected chi connectivity index (χ1v) is 8.85. The van der Waals surface area contributed by atoms with Gasteiger partial charge in [-0.1, -0.05) is 15.9 Å². The maximum atomic E-state index is 12.1. The highest BCUT2D eigenvalue weighted by atomic mass is 79.9. The second-order valence-electron chi connectivity index (χ2n) is 5.75. The topological polar surface area (TPSA) is 77.4 Å². The number of esters is 1. The third kappa shape index (κ3) is 4.11. The fourth-order valence-corrected chi connectivity index (χ4v) is 2.93. The predicted molar refractivity (Wildman–Crippen MR) is 101 cm³/mol. The fraction of sp³-hybridized carbons (Fsp3) is 0.211. The second kappa shape index (κ2) is 7.79. The van der Waals surface area contributed by atoms with Gasteiger partial charge < -0.3 is 14.2 Å². The number of ether oxygens (including phenoxy) is 3. The summed E-state index contributed by atoms with van der Waals surface area (Å²) in [6, 6.07) is 12.2. The maximum absolute atomic E-state index is 12.1. The summed E-state index contributed by atoms with van der Waals surface area (Å²) in [5.74, 6) is 0.422. The van der Waals surface area contributed by atoms with Crippen LogP contribution in [0.25, 0.3) is 0 Å². The van der Waals surface area contributed by atoms with E-state index in [0.717, 1.165) is 10.0 Å². The second-order valence-corrected chi connectivity index (χ2v) is 6.66. The molecule has 27 heavy (non-hydrogen) atoms. The van der Waals surface area contributed by atoms with E-state index in [-0.39, 0.29) is 11.8 Å². The molecule has 2 aromatic carbocycles. The molecule has 2 aromatic rings. The first-order valence-electron chi connectivity index (χ1n) is 8.06. The molecule has 3 rings (SSSR count). The van der Waals surface area contributed by atoms with E-state index < -0.39 is 12.2 Å². The van der Waals surface area contributed by atoms with Crippen molar-refractivity contribution in [1.29, 1.82) is 0 Å². The van der Waals surface area contributed by atoms with Crippen LogP contribution in [0.4, 0.5) is 0 Å². The van der Waals surface area contributed by atoms with Gasteiger partial charge in [0, 0.05) is 23.9 Å². The molecule has 0 aromatic heterocycles. The van der Waals surface area contributed by atoms with Crippen molar-refractivity contribution >= 4 is 33.7 Å². The van der Waals surface area contributed by atoms with Gasteiger partial charge in [0.1, 0.15) is 11.5 Å². The third-order valence-corrected chi connectivity index (χ3v) is 4.29. The smallest absolute Gasteiger partial charge is 0.308 e. The molecule has 0 saturated heterocycles. The Morgan fingerprint density at radius 2 is 1.85 bits per heavy atom. The minimum atomic E-state index is -0.729. The van der Waals surface area contributed by atoms with Crippen molar-refractivity contribution in [3.8, 4) is 11.5 Å². The molecular weight excluding hydrogens is 416 g/mol. The van der Waals surface area contributed by atoms with Crippen LogP contribution in [0.5, 0.6) is 11.5 Å². The van der Waals surface area contributed by atoms with Crippen molar-refractivity contribution in [2.75, 3.05) is 7.11 Å². The molecule has 1 heterocycles. The van der Waals surface area contributed by atoms with Gasteiger partial charge >= 0.3 is 5.97 Å². The summed E-state index contributed by atoms with van der Waals surface area (Å²) in [4.78, 5) is 23.5. The van der Waals surface area contributed by atoms with Crippen LogP contribution in [0.15, 0.2) is 52.0 Å². The molecule has 7 nitrogen and oxygen atoms in total. The highest BCUT2D eigenvalue weighted by Crippen LogP contribution is 2.34. The molecule has 0 saturated carbocycles. The van der Waals surface area contributed by atoms with Crippen molar-refractivity contribution in [2.45, 2.75) is 20.1 Å². The molecule has 0 aliphatic carbocycles. The molecule has 0 N–H and O–H groups in total. The Bertz CT molecular complexity index is 911. The van der Waals surface area contributed by atoms with Gasteiger partial charge in [-0.25, -0.2) is 0 Å². The number of amides is 1. The van der Waals surface area contributed by atoms with Crippen molar-refractivity contribution in [1.82, 2.24) is 5.01 Å². The molecule has 1 atom stereocenters. The lowest BCUT2D eigenvalue weighted by Gasteiger charge is -2.19. The van der Waals surface area contributed by atoms with Gasteiger partial charge in [-0.2, -0.15) is 5.01 Å². The van der Waals surface area contributed by atoms with E-state index >= 15 is 0 Å². The standard InChI is InChI=1S/C19H17BrN2O5/c1-11(23)22-19(13-4-7-15(25-3)8-5-13)27-18(21-22)16-10-14(20)6-9-17(16)26-12(2)24/h4-10,19H,1-3H3/t19-/m1/s1. The van der Waals surface area contributed by atoms with E-state index in [0.29, 0.717) is 17.1 Å². The number of halogens is 1. The summed E-state index contributed by atoms with van der Waals surface area (Å²) >= 11 is 3.38. The molecule has 8 heteroatoms. The zero-order valence-corrected chi connectivity index (χ0v) is 16.5. The average Bonchev–Trinajstić information content (AvgIpc) is 3.08. The first kappa shape index (κ1) is 18.9. The molecule has 0 unspecified atom stereocenters. The van der Waals surface area contributed by atoms with Gasteiger partial charge in [-0.3, -0.25) is 9.59 Å². The van der Waals surface area contributed by atoms with E-state index in [1.807, 2.05) is 0 Å². The van der Waals surface area contributed by atoms with Crippen molar-refractivity contribution < 1.29 is 23.8 Å². The number of benzene rings is 2. The molecule has 140 valence electrons. The summed E-state index contributed by atoms with van der Waals surface area (Å²) in [5, 5.41) is 5.55. The van der Waals surface area contributed by atoms with Gasteiger partial charge in [0.2, 0.25) is 18.0 Å². The number of rotatable bonds is 4. The Morgan fingerprint density at radius 3 is 2.44 bits per heavy atom. The minimum absolute atomic E-state index is 0.184. The quantitative estimate of drug-likeness (QED) is 0.544. The molecule has 0 spiro atoms. The number of carbonyl (C=O) groups excluding carboxylic acids is 2. The van der Waals surface area contributed by atoms with Crippen LogP contribution >= 0.6 is 15.9 Å². The van der Waals surface area contributed by atoms with Crippen LogP contribution in [0, 0.1) is 0 Å². The summed E-state index contributed by atoms with van der Waals surface area (Å²) in [6.07, 6.45) is -0.729. The average molecular weight is 433 g/mol. The van der Waals surface area contributed by atoms with Crippen molar-refractivity contribution in [3.05, 3.63) is 58.1 Å². The van der Waals surface area contributed by atoms with Gasteiger partial charge in [0.05, 0.1) is 12.7 Å². The number of methoxy groups -OCH3 is 1. The lowest BCUT2D eigenvalue weighted by Crippen LogP contribution is -2.25. The number of carbonyl (C=O) groups is 2. The highest BCUT2D eigenvalue weighted by Gasteiger charge is 2.34. The molecule has 1 aliphatic rings. The number of nitrogens with zero attached hydrogens (tertiary/aromatic N) is 2. The Balaban J connectivity index is 1.98. The summed E-state index contributed by atoms with van der Waals surface area (Å²) in [6.45, 7) is 2.71.